The molecule has 0 N–H and O–H groups in total. The zero-order valence-corrected chi connectivity index (χ0v) is 17.1. The van der Waals surface area contributed by atoms with Gasteiger partial charge in [-0.3, -0.25) is 0 Å². The second kappa shape index (κ2) is 8.74. The van der Waals surface area contributed by atoms with Crippen LogP contribution in [0.2, 0.25) is 0 Å². The highest BCUT2D eigenvalue weighted by atomic mass is 19.2. The predicted molar refractivity (Wildman–Crippen MR) is 109 cm³/mol. The topological polar surface area (TPSA) is 0 Å². The van der Waals surface area contributed by atoms with E-state index in [2.05, 4.69) is 11.8 Å². The molecule has 1 unspecified atom stereocenters. The first-order chi connectivity index (χ1) is 15.3. The Morgan fingerprint density at radius 3 is 2.22 bits per heavy atom. The molecule has 0 bridgehead atoms. The number of benzene rings is 3. The molecule has 0 fully saturated rings. The van der Waals surface area contributed by atoms with Crippen LogP contribution in [-0.2, 0) is 19.3 Å². The van der Waals surface area contributed by atoms with Crippen molar-refractivity contribution >= 4 is 0 Å². The Balaban J connectivity index is 1.61. The molecule has 0 aromatic heterocycles. The van der Waals surface area contributed by atoms with Crippen molar-refractivity contribution in [2.75, 3.05) is 0 Å². The minimum absolute atomic E-state index is 0.0388. The van der Waals surface area contributed by atoms with Crippen molar-refractivity contribution in [2.24, 2.45) is 0 Å². The van der Waals surface area contributed by atoms with E-state index in [0.29, 0.717) is 42.4 Å². The molecule has 164 valence electrons. The normalized spacial score (nSPS) is 15.2. The van der Waals surface area contributed by atoms with Gasteiger partial charge in [0.15, 0.2) is 29.1 Å². The summed E-state index contributed by atoms with van der Waals surface area (Å²) in [5.41, 5.74) is 1.65. The Bertz CT molecular complexity index is 1240. The minimum atomic E-state index is -1.59. The number of aryl methyl sites for hydroxylation is 1. The molecule has 0 radical (unpaired) electrons. The van der Waals surface area contributed by atoms with Crippen LogP contribution in [0.1, 0.15) is 52.6 Å². The van der Waals surface area contributed by atoms with Gasteiger partial charge in [-0.2, -0.15) is 0 Å². The monoisotopic (exact) mass is 444 g/mol. The van der Waals surface area contributed by atoms with Crippen LogP contribution < -0.4 is 0 Å². The average molecular weight is 444 g/mol. The summed E-state index contributed by atoms with van der Waals surface area (Å²) in [6.07, 6.45) is 1.51. The molecule has 0 aliphatic heterocycles. The lowest BCUT2D eigenvalue weighted by atomic mass is 9.79. The van der Waals surface area contributed by atoms with Crippen molar-refractivity contribution in [1.82, 2.24) is 0 Å². The van der Waals surface area contributed by atoms with Crippen LogP contribution in [0.25, 0.3) is 0 Å². The fraction of sp³-hybridized carbons (Fsp3) is 0.231. The predicted octanol–water partition coefficient (Wildman–Crippen LogP) is 6.76. The van der Waals surface area contributed by atoms with Crippen molar-refractivity contribution in [2.45, 2.75) is 38.5 Å². The highest BCUT2D eigenvalue weighted by Gasteiger charge is 2.27. The lowest BCUT2D eigenvalue weighted by molar-refractivity contribution is 0.446. The van der Waals surface area contributed by atoms with E-state index in [-0.39, 0.29) is 22.6 Å². The van der Waals surface area contributed by atoms with E-state index in [1.54, 1.807) is 25.1 Å². The summed E-state index contributed by atoms with van der Waals surface area (Å²) in [5, 5.41) is 0. The maximum Gasteiger partial charge on any atom is 0.194 e. The zero-order chi connectivity index (χ0) is 23.0. The highest BCUT2D eigenvalue weighted by Crippen LogP contribution is 2.36. The molecular weight excluding hydrogens is 426 g/mol. The lowest BCUT2D eigenvalue weighted by Gasteiger charge is -2.26. The smallest absolute Gasteiger partial charge is 0.194 e. The SMILES string of the molecule is CCc1ccc(C2CCc3c(ccc(C#Cc4cc(F)c(F)c(F)c4)c3F)C2)c(F)c1F. The zero-order valence-electron chi connectivity index (χ0n) is 17.1. The van der Waals surface area contributed by atoms with Gasteiger partial charge < -0.3 is 0 Å². The molecule has 0 saturated carbocycles. The third kappa shape index (κ3) is 4.00. The van der Waals surface area contributed by atoms with Gasteiger partial charge >= 0.3 is 0 Å². The molecule has 0 nitrogen and oxygen atoms in total. The Labute approximate surface area is 181 Å². The maximum atomic E-state index is 15.0. The van der Waals surface area contributed by atoms with Crippen LogP contribution in [0.5, 0.6) is 0 Å². The van der Waals surface area contributed by atoms with Gasteiger partial charge in [0, 0.05) is 5.56 Å². The van der Waals surface area contributed by atoms with Crippen molar-refractivity contribution in [3.63, 3.8) is 0 Å². The van der Waals surface area contributed by atoms with Gasteiger partial charge in [0.1, 0.15) is 5.82 Å². The second-order valence-corrected chi connectivity index (χ2v) is 7.80. The van der Waals surface area contributed by atoms with Gasteiger partial charge in [-0.05, 0) is 72.1 Å². The van der Waals surface area contributed by atoms with E-state index in [0.717, 1.165) is 12.1 Å². The highest BCUT2D eigenvalue weighted by molar-refractivity contribution is 5.48. The molecule has 3 aromatic carbocycles. The summed E-state index contributed by atoms with van der Waals surface area (Å²) in [5.74, 6) is -1.86. The van der Waals surface area contributed by atoms with E-state index in [9.17, 15) is 22.0 Å². The quantitative estimate of drug-likeness (QED) is 0.233. The third-order valence-electron chi connectivity index (χ3n) is 5.89. The molecule has 32 heavy (non-hydrogen) atoms. The van der Waals surface area contributed by atoms with Crippen molar-refractivity contribution in [3.05, 3.63) is 105 Å². The van der Waals surface area contributed by atoms with Crippen molar-refractivity contribution < 1.29 is 26.3 Å². The molecular formula is C26H18F6. The molecule has 4 rings (SSSR count). The van der Waals surface area contributed by atoms with Crippen molar-refractivity contribution in [3.8, 4) is 11.8 Å². The van der Waals surface area contributed by atoms with Crippen LogP contribution in [-0.4, -0.2) is 0 Å². The van der Waals surface area contributed by atoms with Gasteiger partial charge in [0.25, 0.3) is 0 Å². The van der Waals surface area contributed by atoms with E-state index in [1.807, 2.05) is 0 Å². The summed E-state index contributed by atoms with van der Waals surface area (Å²) in [7, 11) is 0. The molecule has 0 saturated heterocycles. The Kier molecular flexibility index (Phi) is 6.01. The standard InChI is InChI=1S/C26H18F6/c1-2-15-7-9-20(25(31)24(15)30)18-8-10-19-17(13-18)6-5-16(23(19)29)4-3-14-11-21(27)26(32)22(28)12-14/h5-7,9,11-12,18H,2,8,10,13H2,1H3. The second-order valence-electron chi connectivity index (χ2n) is 7.80. The van der Waals surface area contributed by atoms with Gasteiger partial charge in [0.2, 0.25) is 0 Å². The fourth-order valence-electron chi connectivity index (χ4n) is 4.13. The van der Waals surface area contributed by atoms with Crippen LogP contribution in [0, 0.1) is 46.7 Å². The van der Waals surface area contributed by atoms with E-state index in [4.69, 9.17) is 0 Å². The Hall–Kier alpha value is -3.20. The number of hydrogen-bond donors (Lipinski definition) is 0. The number of hydrogen-bond acceptors (Lipinski definition) is 0. The van der Waals surface area contributed by atoms with Gasteiger partial charge in [-0.1, -0.05) is 37.0 Å². The number of rotatable bonds is 2. The molecule has 0 heterocycles. The number of halogens is 6. The molecule has 1 aliphatic rings. The fourth-order valence-corrected chi connectivity index (χ4v) is 4.13. The van der Waals surface area contributed by atoms with E-state index in [1.165, 1.54) is 6.07 Å². The molecule has 1 atom stereocenters. The molecule has 3 aromatic rings. The Morgan fingerprint density at radius 1 is 0.812 bits per heavy atom. The summed E-state index contributed by atoms with van der Waals surface area (Å²) < 4.78 is 83.5. The van der Waals surface area contributed by atoms with Crippen LogP contribution in [0.15, 0.2) is 36.4 Å². The lowest BCUT2D eigenvalue weighted by Crippen LogP contribution is -2.16. The van der Waals surface area contributed by atoms with Crippen LogP contribution in [0.3, 0.4) is 0 Å². The largest absolute Gasteiger partial charge is 0.205 e. The van der Waals surface area contributed by atoms with Crippen LogP contribution in [0.4, 0.5) is 26.3 Å². The van der Waals surface area contributed by atoms with E-state index < -0.39 is 34.9 Å². The summed E-state index contributed by atoms with van der Waals surface area (Å²) in [6, 6.07) is 7.79. The van der Waals surface area contributed by atoms with Gasteiger partial charge in [0.05, 0.1) is 5.56 Å². The van der Waals surface area contributed by atoms with Gasteiger partial charge in [-0.25, -0.2) is 26.3 Å². The van der Waals surface area contributed by atoms with Crippen LogP contribution >= 0.6 is 0 Å². The maximum absolute atomic E-state index is 15.0. The van der Waals surface area contributed by atoms with Crippen molar-refractivity contribution in [1.29, 1.82) is 0 Å². The summed E-state index contributed by atoms with van der Waals surface area (Å²) >= 11 is 0. The molecule has 0 spiro atoms. The number of fused-ring (bicyclic) bond motifs is 1. The summed E-state index contributed by atoms with van der Waals surface area (Å²) in [6.45, 7) is 1.75. The first-order valence-electron chi connectivity index (χ1n) is 10.2. The molecule has 1 aliphatic carbocycles. The average Bonchev–Trinajstić information content (AvgIpc) is 2.78. The molecule has 0 amide bonds. The molecule has 6 heteroatoms. The third-order valence-corrected chi connectivity index (χ3v) is 5.89. The van der Waals surface area contributed by atoms with E-state index >= 15 is 4.39 Å². The first-order valence-corrected chi connectivity index (χ1v) is 10.2. The first kappa shape index (κ1) is 22.0. The van der Waals surface area contributed by atoms with Gasteiger partial charge in [-0.15, -0.1) is 0 Å². The minimum Gasteiger partial charge on any atom is -0.205 e. The Morgan fingerprint density at radius 2 is 1.53 bits per heavy atom. The summed E-state index contributed by atoms with van der Waals surface area (Å²) in [4.78, 5) is 0.